The van der Waals surface area contributed by atoms with E-state index in [4.69, 9.17) is 22.1 Å². The first-order chi connectivity index (χ1) is 9.67. The number of likely N-dealkylation sites (tertiary alicyclic amines) is 1. The molecule has 1 fully saturated rings. The normalized spacial score (nSPS) is 22.3. The molecule has 1 aromatic rings. The van der Waals surface area contributed by atoms with Crippen LogP contribution in [0.3, 0.4) is 0 Å². The van der Waals surface area contributed by atoms with E-state index in [0.29, 0.717) is 6.54 Å². The minimum absolute atomic E-state index is 0.143. The van der Waals surface area contributed by atoms with Gasteiger partial charge in [0.25, 0.3) is 0 Å². The molecular weight excluding hydrogens is 272 g/mol. The van der Waals surface area contributed by atoms with Crippen LogP contribution in [0.4, 0.5) is 0 Å². The van der Waals surface area contributed by atoms with E-state index in [1.54, 1.807) is 7.11 Å². The Balaban J connectivity index is 2.27. The minimum atomic E-state index is 0.143. The summed E-state index contributed by atoms with van der Waals surface area (Å²) >= 11 is 6.41. The Kier molecular flexibility index (Phi) is 5.70. The number of nitrogens with two attached hydrogens (primary N) is 1. The van der Waals surface area contributed by atoms with Crippen molar-refractivity contribution >= 4 is 11.6 Å². The summed E-state index contributed by atoms with van der Waals surface area (Å²) in [5.41, 5.74) is 7.09. The molecule has 2 rings (SSSR count). The van der Waals surface area contributed by atoms with Crippen LogP contribution in [0.25, 0.3) is 0 Å². The zero-order valence-corrected chi connectivity index (χ0v) is 13.2. The molecule has 1 aromatic carbocycles. The molecule has 0 amide bonds. The molecular formula is C16H25ClN2O. The number of hydrogen-bond donors (Lipinski definition) is 1. The number of benzene rings is 1. The molecule has 0 saturated carbocycles. The van der Waals surface area contributed by atoms with Crippen molar-refractivity contribution in [2.75, 3.05) is 26.7 Å². The van der Waals surface area contributed by atoms with Gasteiger partial charge in [-0.25, -0.2) is 0 Å². The van der Waals surface area contributed by atoms with E-state index < -0.39 is 0 Å². The van der Waals surface area contributed by atoms with Gasteiger partial charge in [-0.15, -0.1) is 0 Å². The second-order valence-corrected chi connectivity index (χ2v) is 6.09. The number of rotatable bonds is 4. The SMILES string of the molecule is COc1cccc(Cl)c1C(CN)N1CCCC(C)CC1. The van der Waals surface area contributed by atoms with Gasteiger partial charge in [-0.1, -0.05) is 24.6 Å². The molecule has 1 aliphatic heterocycles. The summed E-state index contributed by atoms with van der Waals surface area (Å²) in [6, 6.07) is 5.94. The summed E-state index contributed by atoms with van der Waals surface area (Å²) in [5.74, 6) is 1.64. The van der Waals surface area contributed by atoms with E-state index in [-0.39, 0.29) is 6.04 Å². The monoisotopic (exact) mass is 296 g/mol. The molecule has 1 aliphatic rings. The molecule has 0 aliphatic carbocycles. The van der Waals surface area contributed by atoms with Crippen molar-refractivity contribution < 1.29 is 4.74 Å². The lowest BCUT2D eigenvalue weighted by atomic mass is 10.0. The molecule has 20 heavy (non-hydrogen) atoms. The summed E-state index contributed by atoms with van der Waals surface area (Å²) in [7, 11) is 1.69. The van der Waals surface area contributed by atoms with Crippen molar-refractivity contribution in [3.05, 3.63) is 28.8 Å². The summed E-state index contributed by atoms with van der Waals surface area (Å²) in [6.45, 7) is 5.06. The highest BCUT2D eigenvalue weighted by molar-refractivity contribution is 6.31. The van der Waals surface area contributed by atoms with Gasteiger partial charge in [-0.05, 0) is 50.4 Å². The Labute approximate surface area is 127 Å². The average molecular weight is 297 g/mol. The molecule has 4 heteroatoms. The summed E-state index contributed by atoms with van der Waals surface area (Å²) < 4.78 is 5.49. The van der Waals surface area contributed by atoms with Crippen molar-refractivity contribution in [1.82, 2.24) is 4.90 Å². The van der Waals surface area contributed by atoms with Crippen LogP contribution in [0.15, 0.2) is 18.2 Å². The first-order valence-electron chi connectivity index (χ1n) is 7.44. The molecule has 0 radical (unpaired) electrons. The van der Waals surface area contributed by atoms with Crippen LogP contribution >= 0.6 is 11.6 Å². The van der Waals surface area contributed by atoms with Crippen molar-refractivity contribution in [1.29, 1.82) is 0 Å². The zero-order chi connectivity index (χ0) is 14.5. The van der Waals surface area contributed by atoms with E-state index in [9.17, 15) is 0 Å². The Hall–Kier alpha value is -0.770. The highest BCUT2D eigenvalue weighted by atomic mass is 35.5. The van der Waals surface area contributed by atoms with Gasteiger partial charge in [0.2, 0.25) is 0 Å². The Morgan fingerprint density at radius 3 is 2.90 bits per heavy atom. The average Bonchev–Trinajstić information content (AvgIpc) is 2.66. The van der Waals surface area contributed by atoms with Crippen LogP contribution in [0.2, 0.25) is 5.02 Å². The highest BCUT2D eigenvalue weighted by Crippen LogP contribution is 2.36. The quantitative estimate of drug-likeness (QED) is 0.924. The zero-order valence-electron chi connectivity index (χ0n) is 12.4. The lowest BCUT2D eigenvalue weighted by Gasteiger charge is -2.31. The first kappa shape index (κ1) is 15.6. The largest absolute Gasteiger partial charge is 0.496 e. The summed E-state index contributed by atoms with van der Waals surface area (Å²) in [5, 5.41) is 0.747. The molecule has 3 nitrogen and oxygen atoms in total. The fraction of sp³-hybridized carbons (Fsp3) is 0.625. The maximum atomic E-state index is 6.41. The number of ether oxygens (including phenoxy) is 1. The Morgan fingerprint density at radius 1 is 1.40 bits per heavy atom. The van der Waals surface area contributed by atoms with Gasteiger partial charge in [-0.2, -0.15) is 0 Å². The second-order valence-electron chi connectivity index (χ2n) is 5.68. The molecule has 2 unspecified atom stereocenters. The van der Waals surface area contributed by atoms with Gasteiger partial charge >= 0.3 is 0 Å². The van der Waals surface area contributed by atoms with Crippen LogP contribution in [0.1, 0.15) is 37.8 Å². The number of methoxy groups -OCH3 is 1. The molecule has 0 spiro atoms. The predicted molar refractivity (Wildman–Crippen MR) is 84.4 cm³/mol. The van der Waals surface area contributed by atoms with Crippen LogP contribution in [0, 0.1) is 5.92 Å². The van der Waals surface area contributed by atoms with Crippen LogP contribution < -0.4 is 10.5 Å². The fourth-order valence-corrected chi connectivity index (χ4v) is 3.36. The molecule has 1 saturated heterocycles. The van der Waals surface area contributed by atoms with Gasteiger partial charge in [0, 0.05) is 17.1 Å². The minimum Gasteiger partial charge on any atom is -0.496 e. The standard InChI is InChI=1S/C16H25ClN2O/c1-12-5-4-9-19(10-8-12)14(11-18)16-13(17)6-3-7-15(16)20-2/h3,6-7,12,14H,4-5,8-11,18H2,1-2H3. The highest BCUT2D eigenvalue weighted by Gasteiger charge is 2.26. The molecule has 112 valence electrons. The maximum absolute atomic E-state index is 6.41. The number of halogens is 1. The van der Waals surface area contributed by atoms with Gasteiger partial charge in [-0.3, -0.25) is 4.90 Å². The Morgan fingerprint density at radius 2 is 2.20 bits per heavy atom. The third kappa shape index (κ3) is 3.46. The number of hydrogen-bond acceptors (Lipinski definition) is 3. The van der Waals surface area contributed by atoms with Crippen molar-refractivity contribution in [2.45, 2.75) is 32.2 Å². The van der Waals surface area contributed by atoms with Gasteiger partial charge in [0.1, 0.15) is 5.75 Å². The molecule has 1 heterocycles. The predicted octanol–water partition coefficient (Wildman–Crippen LogP) is 3.47. The van der Waals surface area contributed by atoms with Crippen LogP contribution in [-0.2, 0) is 0 Å². The smallest absolute Gasteiger partial charge is 0.125 e. The lowest BCUT2D eigenvalue weighted by Crippen LogP contribution is -2.35. The lowest BCUT2D eigenvalue weighted by molar-refractivity contribution is 0.203. The van der Waals surface area contributed by atoms with E-state index in [1.807, 2.05) is 18.2 Å². The van der Waals surface area contributed by atoms with Gasteiger partial charge in [0.15, 0.2) is 0 Å². The second kappa shape index (κ2) is 7.30. The van der Waals surface area contributed by atoms with Gasteiger partial charge in [0.05, 0.1) is 13.2 Å². The van der Waals surface area contributed by atoms with E-state index in [0.717, 1.165) is 35.3 Å². The van der Waals surface area contributed by atoms with E-state index in [1.165, 1.54) is 19.3 Å². The third-order valence-electron chi connectivity index (χ3n) is 4.28. The summed E-state index contributed by atoms with van der Waals surface area (Å²) in [6.07, 6.45) is 3.75. The molecule has 2 atom stereocenters. The Bertz CT molecular complexity index is 438. The molecule has 0 aromatic heterocycles. The molecule has 2 N–H and O–H groups in total. The van der Waals surface area contributed by atoms with Crippen molar-refractivity contribution in [3.63, 3.8) is 0 Å². The third-order valence-corrected chi connectivity index (χ3v) is 4.61. The molecule has 0 bridgehead atoms. The number of nitrogens with zero attached hydrogens (tertiary/aromatic N) is 1. The van der Waals surface area contributed by atoms with Crippen molar-refractivity contribution in [3.8, 4) is 5.75 Å². The van der Waals surface area contributed by atoms with E-state index >= 15 is 0 Å². The van der Waals surface area contributed by atoms with Crippen LogP contribution in [0.5, 0.6) is 5.75 Å². The first-order valence-corrected chi connectivity index (χ1v) is 7.81. The van der Waals surface area contributed by atoms with Crippen LogP contribution in [-0.4, -0.2) is 31.6 Å². The van der Waals surface area contributed by atoms with Crippen molar-refractivity contribution in [2.24, 2.45) is 11.7 Å². The summed E-state index contributed by atoms with van der Waals surface area (Å²) in [4.78, 5) is 2.47. The maximum Gasteiger partial charge on any atom is 0.125 e. The van der Waals surface area contributed by atoms with Gasteiger partial charge < -0.3 is 10.5 Å². The fourth-order valence-electron chi connectivity index (χ4n) is 3.06. The van der Waals surface area contributed by atoms with E-state index in [2.05, 4.69) is 11.8 Å². The topological polar surface area (TPSA) is 38.5 Å².